The van der Waals surface area contributed by atoms with Crippen molar-refractivity contribution in [3.8, 4) is 0 Å². The number of rotatable bonds is 6. The Balaban J connectivity index is 2.11. The minimum absolute atomic E-state index is 0.295. The first-order chi connectivity index (χ1) is 9.57. The summed E-state index contributed by atoms with van der Waals surface area (Å²) in [6.07, 6.45) is 4.33. The quantitative estimate of drug-likeness (QED) is 0.877. The van der Waals surface area contributed by atoms with Gasteiger partial charge in [0.1, 0.15) is 4.21 Å². The van der Waals surface area contributed by atoms with Crippen LogP contribution in [0.2, 0.25) is 0 Å². The molecular formula is C14H24N2O2S2. The fraction of sp³-hybridized carbons (Fsp3) is 0.714. The third-order valence-electron chi connectivity index (χ3n) is 3.77. The Labute approximate surface area is 126 Å². The Bertz CT molecular complexity index is 519. The van der Waals surface area contributed by atoms with E-state index in [-0.39, 0.29) is 0 Å². The van der Waals surface area contributed by atoms with Crippen molar-refractivity contribution in [2.75, 3.05) is 19.6 Å². The summed E-state index contributed by atoms with van der Waals surface area (Å²) >= 11 is 1.40. The van der Waals surface area contributed by atoms with E-state index in [1.165, 1.54) is 24.2 Å². The van der Waals surface area contributed by atoms with Crippen LogP contribution in [0.1, 0.15) is 38.0 Å². The second kappa shape index (κ2) is 7.02. The molecule has 1 saturated heterocycles. The molecule has 20 heavy (non-hydrogen) atoms. The van der Waals surface area contributed by atoms with Crippen LogP contribution in [-0.2, 0) is 16.4 Å². The van der Waals surface area contributed by atoms with Gasteiger partial charge >= 0.3 is 0 Å². The molecule has 1 N–H and O–H groups in total. The number of aryl methyl sites for hydroxylation is 1. The summed E-state index contributed by atoms with van der Waals surface area (Å²) in [7, 11) is -3.33. The van der Waals surface area contributed by atoms with Crippen LogP contribution in [0.25, 0.3) is 0 Å². The van der Waals surface area contributed by atoms with Crippen molar-refractivity contribution in [1.29, 1.82) is 0 Å². The van der Waals surface area contributed by atoms with Gasteiger partial charge in [-0.25, -0.2) is 8.42 Å². The number of hydrogen-bond donors (Lipinski definition) is 1. The van der Waals surface area contributed by atoms with E-state index in [1.807, 2.05) is 19.9 Å². The van der Waals surface area contributed by atoms with Crippen LogP contribution in [0.5, 0.6) is 0 Å². The van der Waals surface area contributed by atoms with E-state index in [0.29, 0.717) is 23.3 Å². The fourth-order valence-electron chi connectivity index (χ4n) is 2.54. The highest BCUT2D eigenvalue weighted by atomic mass is 32.2. The zero-order valence-electron chi connectivity index (χ0n) is 12.3. The minimum Gasteiger partial charge on any atom is -0.313 e. The summed E-state index contributed by atoms with van der Waals surface area (Å²) in [6.45, 7) is 6.07. The van der Waals surface area contributed by atoms with Gasteiger partial charge in [-0.05, 0) is 37.9 Å². The van der Waals surface area contributed by atoms with Crippen molar-refractivity contribution in [1.82, 2.24) is 9.62 Å². The molecule has 1 atom stereocenters. The second-order valence-corrected chi connectivity index (χ2v) is 8.51. The summed E-state index contributed by atoms with van der Waals surface area (Å²) in [5.41, 5.74) is 0. The maximum absolute atomic E-state index is 12.7. The van der Waals surface area contributed by atoms with Crippen molar-refractivity contribution in [3.05, 3.63) is 17.0 Å². The van der Waals surface area contributed by atoms with Crippen LogP contribution in [0, 0.1) is 0 Å². The maximum atomic E-state index is 12.7. The monoisotopic (exact) mass is 316 g/mol. The number of nitrogens with zero attached hydrogens (tertiary/aromatic N) is 1. The molecule has 0 saturated carbocycles. The van der Waals surface area contributed by atoms with Crippen LogP contribution in [0.3, 0.4) is 0 Å². The highest BCUT2D eigenvalue weighted by Gasteiger charge is 2.27. The van der Waals surface area contributed by atoms with Crippen LogP contribution in [0.4, 0.5) is 0 Å². The Morgan fingerprint density at radius 3 is 2.70 bits per heavy atom. The minimum atomic E-state index is -3.33. The fourth-order valence-corrected chi connectivity index (χ4v) is 5.48. The van der Waals surface area contributed by atoms with E-state index in [9.17, 15) is 8.42 Å². The van der Waals surface area contributed by atoms with Gasteiger partial charge in [0, 0.05) is 24.0 Å². The predicted octanol–water partition coefficient (Wildman–Crippen LogP) is 2.46. The van der Waals surface area contributed by atoms with Gasteiger partial charge in [0.15, 0.2) is 0 Å². The van der Waals surface area contributed by atoms with Crippen LogP contribution >= 0.6 is 11.3 Å². The second-order valence-electron chi connectivity index (χ2n) is 5.18. The molecule has 2 heterocycles. The Morgan fingerprint density at radius 2 is 2.15 bits per heavy atom. The first-order valence-electron chi connectivity index (χ1n) is 7.40. The van der Waals surface area contributed by atoms with Crippen molar-refractivity contribution >= 4 is 21.4 Å². The van der Waals surface area contributed by atoms with E-state index in [2.05, 4.69) is 5.32 Å². The summed E-state index contributed by atoms with van der Waals surface area (Å²) in [4.78, 5) is 1.12. The molecule has 1 aromatic heterocycles. The van der Waals surface area contributed by atoms with Gasteiger partial charge in [-0.15, -0.1) is 11.3 Å². The van der Waals surface area contributed by atoms with Crippen LogP contribution in [0.15, 0.2) is 16.3 Å². The molecule has 4 nitrogen and oxygen atoms in total. The molecule has 1 aliphatic heterocycles. The Morgan fingerprint density at radius 1 is 1.35 bits per heavy atom. The lowest BCUT2D eigenvalue weighted by Gasteiger charge is -2.29. The molecule has 114 valence electrons. The Hall–Kier alpha value is -0.430. The first kappa shape index (κ1) is 15.9. The van der Waals surface area contributed by atoms with Gasteiger partial charge < -0.3 is 5.32 Å². The lowest BCUT2D eigenvalue weighted by molar-refractivity contribution is 0.320. The molecule has 0 radical (unpaired) electrons. The van der Waals surface area contributed by atoms with Gasteiger partial charge in [-0.1, -0.05) is 20.3 Å². The maximum Gasteiger partial charge on any atom is 0.252 e. The first-order valence-corrected chi connectivity index (χ1v) is 9.65. The largest absolute Gasteiger partial charge is 0.313 e. The Kier molecular flexibility index (Phi) is 5.60. The normalized spacial score (nSPS) is 20.4. The number of likely N-dealkylation sites (N-methyl/N-ethyl adjacent to an activating group) is 1. The molecule has 6 heteroatoms. The van der Waals surface area contributed by atoms with Gasteiger partial charge in [-0.3, -0.25) is 0 Å². The van der Waals surface area contributed by atoms with E-state index < -0.39 is 10.0 Å². The number of nitrogens with one attached hydrogen (secondary N) is 1. The molecule has 1 aliphatic rings. The average molecular weight is 316 g/mol. The molecule has 0 spiro atoms. The zero-order chi connectivity index (χ0) is 14.6. The molecule has 1 fully saturated rings. The standard InChI is InChI=1S/C14H24N2O2S2/c1-3-13-8-9-14(19-13)20(17,18)16(4-2)11-12-7-5-6-10-15-12/h8-9,12,15H,3-7,10-11H2,1-2H3. The predicted molar refractivity (Wildman–Crippen MR) is 83.8 cm³/mol. The number of thiophene rings is 1. The van der Waals surface area contributed by atoms with E-state index in [0.717, 1.165) is 24.3 Å². The third kappa shape index (κ3) is 3.61. The molecule has 0 amide bonds. The lowest BCUT2D eigenvalue weighted by atomic mass is 10.1. The number of sulfonamides is 1. The highest BCUT2D eigenvalue weighted by Crippen LogP contribution is 2.25. The lowest BCUT2D eigenvalue weighted by Crippen LogP contribution is -2.45. The molecular weight excluding hydrogens is 292 g/mol. The third-order valence-corrected chi connectivity index (χ3v) is 7.41. The smallest absolute Gasteiger partial charge is 0.252 e. The average Bonchev–Trinajstić information content (AvgIpc) is 2.95. The summed E-state index contributed by atoms with van der Waals surface area (Å²) in [5, 5.41) is 3.42. The molecule has 0 aromatic carbocycles. The van der Waals surface area contributed by atoms with E-state index in [1.54, 1.807) is 10.4 Å². The molecule has 1 unspecified atom stereocenters. The van der Waals surface area contributed by atoms with Crippen molar-refractivity contribution in [3.63, 3.8) is 0 Å². The number of piperidine rings is 1. The topological polar surface area (TPSA) is 49.4 Å². The van der Waals surface area contributed by atoms with Gasteiger partial charge in [0.05, 0.1) is 0 Å². The van der Waals surface area contributed by atoms with Crippen LogP contribution < -0.4 is 5.32 Å². The summed E-state index contributed by atoms with van der Waals surface area (Å²) < 4.78 is 27.4. The van der Waals surface area contributed by atoms with Gasteiger partial charge in [-0.2, -0.15) is 4.31 Å². The van der Waals surface area contributed by atoms with E-state index in [4.69, 9.17) is 0 Å². The van der Waals surface area contributed by atoms with Crippen molar-refractivity contribution in [2.45, 2.75) is 49.8 Å². The molecule has 1 aromatic rings. The van der Waals surface area contributed by atoms with Crippen molar-refractivity contribution in [2.24, 2.45) is 0 Å². The van der Waals surface area contributed by atoms with Gasteiger partial charge in [0.25, 0.3) is 10.0 Å². The van der Waals surface area contributed by atoms with Crippen LogP contribution in [-0.4, -0.2) is 38.4 Å². The SMILES string of the molecule is CCc1ccc(S(=O)(=O)N(CC)CC2CCCCN2)s1. The summed E-state index contributed by atoms with van der Waals surface area (Å²) in [5.74, 6) is 0. The molecule has 0 aliphatic carbocycles. The number of hydrogen-bond acceptors (Lipinski definition) is 4. The molecule has 0 bridgehead atoms. The highest BCUT2D eigenvalue weighted by molar-refractivity contribution is 7.91. The van der Waals surface area contributed by atoms with E-state index >= 15 is 0 Å². The van der Waals surface area contributed by atoms with Crippen molar-refractivity contribution < 1.29 is 8.42 Å². The van der Waals surface area contributed by atoms with Gasteiger partial charge in [0.2, 0.25) is 0 Å². The molecule has 2 rings (SSSR count). The zero-order valence-corrected chi connectivity index (χ0v) is 13.9. The summed E-state index contributed by atoms with van der Waals surface area (Å²) in [6, 6.07) is 3.96.